The van der Waals surface area contributed by atoms with Crippen molar-refractivity contribution in [3.63, 3.8) is 0 Å². The van der Waals surface area contributed by atoms with Crippen LogP contribution >= 0.6 is 11.6 Å². The number of aliphatic hydroxyl groups excluding tert-OH is 1. The number of hydrogen-bond donors (Lipinski definition) is 2. The van der Waals surface area contributed by atoms with Crippen LogP contribution < -0.4 is 9.64 Å². The highest BCUT2D eigenvalue weighted by Gasteiger charge is 2.45. The number of carboxylic acid groups (broad SMARTS) is 1. The standard InChI is InChI=1S/C38H44ClN3O6S/c1-24-25(5-2-7-35(24)49(46,47)37-40-17-4-18-41-37)9-14-33(43)30-12-8-28(30)21-42-22-38(16-3-6-26-19-29(39)11-13-31(26)38)23-48-34-15-10-27(36(44)45)20-32(34)42/h4,9-11,13-15,17-20,24-25,28,30,33,35,43H,2-3,5-8,12,16,21-23H2,1H3,(H,44,45)/b14-9+/t24-,25-,28+,30-,33+,35+,38?/m1/s1. The lowest BCUT2D eigenvalue weighted by atomic mass is 9.68. The fourth-order valence-corrected chi connectivity index (χ4v) is 11.0. The number of allylic oxidation sites excluding steroid dienone is 1. The smallest absolute Gasteiger partial charge is 0.335 e. The van der Waals surface area contributed by atoms with Gasteiger partial charge in [0, 0.05) is 35.9 Å². The second-order valence-electron chi connectivity index (χ2n) is 14.5. The molecule has 7 atom stereocenters. The van der Waals surface area contributed by atoms with Gasteiger partial charge in [-0.05, 0) is 116 Å². The predicted octanol–water partition coefficient (Wildman–Crippen LogP) is 6.52. The highest BCUT2D eigenvalue weighted by atomic mass is 35.5. The summed E-state index contributed by atoms with van der Waals surface area (Å²) in [5, 5.41) is 21.4. The number of halogens is 1. The van der Waals surface area contributed by atoms with Crippen molar-refractivity contribution in [1.29, 1.82) is 0 Å². The van der Waals surface area contributed by atoms with Crippen molar-refractivity contribution in [2.24, 2.45) is 23.7 Å². The number of carbonyl (C=O) groups is 1. The number of rotatable bonds is 8. The third kappa shape index (κ3) is 6.59. The number of aryl methyl sites for hydroxylation is 1. The van der Waals surface area contributed by atoms with E-state index in [0.29, 0.717) is 31.9 Å². The van der Waals surface area contributed by atoms with Crippen LogP contribution in [0.5, 0.6) is 5.75 Å². The first-order valence-electron chi connectivity index (χ1n) is 17.5. The Labute approximate surface area is 293 Å². The van der Waals surface area contributed by atoms with Crippen LogP contribution in [0.25, 0.3) is 0 Å². The van der Waals surface area contributed by atoms with E-state index in [-0.39, 0.29) is 39.8 Å². The van der Waals surface area contributed by atoms with E-state index in [1.165, 1.54) is 23.5 Å². The minimum Gasteiger partial charge on any atom is -0.490 e. The molecule has 2 N–H and O–H groups in total. The average Bonchev–Trinajstić information content (AvgIpc) is 3.23. The van der Waals surface area contributed by atoms with E-state index >= 15 is 0 Å². The van der Waals surface area contributed by atoms with E-state index in [1.807, 2.05) is 25.1 Å². The largest absolute Gasteiger partial charge is 0.490 e. The first-order chi connectivity index (χ1) is 23.6. The van der Waals surface area contributed by atoms with Gasteiger partial charge >= 0.3 is 5.97 Å². The Morgan fingerprint density at radius 3 is 2.69 bits per heavy atom. The summed E-state index contributed by atoms with van der Waals surface area (Å²) in [5.74, 6) is -0.188. The van der Waals surface area contributed by atoms with E-state index < -0.39 is 27.2 Å². The monoisotopic (exact) mass is 705 g/mol. The lowest BCUT2D eigenvalue weighted by Gasteiger charge is -2.45. The molecule has 49 heavy (non-hydrogen) atoms. The zero-order valence-corrected chi connectivity index (χ0v) is 29.3. The van der Waals surface area contributed by atoms with E-state index in [1.54, 1.807) is 24.3 Å². The Balaban J connectivity index is 1.10. The maximum Gasteiger partial charge on any atom is 0.335 e. The molecule has 0 bridgehead atoms. The Kier molecular flexibility index (Phi) is 9.49. The Bertz CT molecular complexity index is 1840. The van der Waals surface area contributed by atoms with Gasteiger partial charge in [0.25, 0.3) is 0 Å². The Hall–Kier alpha value is -3.47. The van der Waals surface area contributed by atoms with Gasteiger partial charge in [0.1, 0.15) is 5.75 Å². The highest BCUT2D eigenvalue weighted by molar-refractivity contribution is 7.91. The molecule has 4 aliphatic rings. The Morgan fingerprint density at radius 2 is 1.94 bits per heavy atom. The van der Waals surface area contributed by atoms with Crippen LogP contribution in [-0.2, 0) is 21.7 Å². The van der Waals surface area contributed by atoms with Crippen LogP contribution in [0.3, 0.4) is 0 Å². The normalized spacial score (nSPS) is 29.0. The van der Waals surface area contributed by atoms with Crippen molar-refractivity contribution < 1.29 is 28.2 Å². The molecule has 1 aliphatic heterocycles. The number of aromatic nitrogens is 2. The molecule has 0 amide bonds. The fraction of sp³-hybridized carbons (Fsp3) is 0.500. The molecule has 260 valence electrons. The molecule has 1 aromatic heterocycles. The lowest BCUT2D eigenvalue weighted by molar-refractivity contribution is 0.0452. The van der Waals surface area contributed by atoms with Crippen molar-refractivity contribution >= 4 is 33.1 Å². The van der Waals surface area contributed by atoms with Crippen molar-refractivity contribution in [3.8, 4) is 5.75 Å². The number of fused-ring (bicyclic) bond motifs is 3. The Morgan fingerprint density at radius 1 is 1.12 bits per heavy atom. The topological polar surface area (TPSA) is 130 Å². The first-order valence-corrected chi connectivity index (χ1v) is 19.4. The van der Waals surface area contributed by atoms with Gasteiger partial charge in [-0.1, -0.05) is 43.2 Å². The number of nitrogens with zero attached hydrogens (tertiary/aromatic N) is 3. The molecular formula is C38H44ClN3O6S. The van der Waals surface area contributed by atoms with Gasteiger partial charge < -0.3 is 19.8 Å². The van der Waals surface area contributed by atoms with Crippen LogP contribution in [0.15, 0.2) is 72.2 Å². The summed E-state index contributed by atoms with van der Waals surface area (Å²) < 4.78 is 33.3. The number of ether oxygens (including phenoxy) is 1. The second-order valence-corrected chi connectivity index (χ2v) is 17.0. The zero-order valence-electron chi connectivity index (χ0n) is 27.7. The maximum atomic E-state index is 13.4. The molecule has 11 heteroatoms. The number of anilines is 1. The SMILES string of the molecule is C[C@@H]1[C@@H](/C=C/[C@H](O)[C@@H]2CC[C@H]2CN2CC3(CCCc4cc(Cl)ccc43)COc3ccc(C(=O)O)cc32)CCC[C@@H]1S(=O)(=O)c1ncccn1. The molecular weight excluding hydrogens is 662 g/mol. The van der Waals surface area contributed by atoms with Crippen molar-refractivity contribution in [2.75, 3.05) is 24.6 Å². The quantitative estimate of drug-likeness (QED) is 0.199. The van der Waals surface area contributed by atoms with Crippen LogP contribution in [0.2, 0.25) is 5.02 Å². The molecule has 2 aromatic carbocycles. The summed E-state index contributed by atoms with van der Waals surface area (Å²) in [6.45, 7) is 3.81. The van der Waals surface area contributed by atoms with Crippen molar-refractivity contribution in [2.45, 2.75) is 80.2 Å². The molecule has 7 rings (SSSR count). The van der Waals surface area contributed by atoms with Gasteiger partial charge in [0.05, 0.1) is 29.2 Å². The van der Waals surface area contributed by atoms with Crippen molar-refractivity contribution in [1.82, 2.24) is 9.97 Å². The number of carboxylic acids is 1. The van der Waals surface area contributed by atoms with Crippen LogP contribution in [0.4, 0.5) is 5.69 Å². The van der Waals surface area contributed by atoms with Gasteiger partial charge in [-0.25, -0.2) is 23.2 Å². The summed E-state index contributed by atoms with van der Waals surface area (Å²) in [4.78, 5) is 22.4. The van der Waals surface area contributed by atoms with Crippen LogP contribution in [0.1, 0.15) is 73.4 Å². The van der Waals surface area contributed by atoms with E-state index in [0.717, 1.165) is 55.7 Å². The third-order valence-electron chi connectivity index (χ3n) is 11.7. The molecule has 2 fully saturated rings. The molecule has 9 nitrogen and oxygen atoms in total. The number of benzene rings is 2. The van der Waals surface area contributed by atoms with Gasteiger partial charge in [-0.3, -0.25) is 0 Å². The average molecular weight is 706 g/mol. The summed E-state index contributed by atoms with van der Waals surface area (Å²) in [7, 11) is -3.66. The summed E-state index contributed by atoms with van der Waals surface area (Å²) in [6.07, 6.45) is 13.2. The summed E-state index contributed by atoms with van der Waals surface area (Å²) in [5.41, 5.74) is 3.20. The number of hydrogen-bond acceptors (Lipinski definition) is 8. The third-order valence-corrected chi connectivity index (χ3v) is 14.1. The minimum absolute atomic E-state index is 0.0224. The highest BCUT2D eigenvalue weighted by Crippen LogP contribution is 2.47. The predicted molar refractivity (Wildman–Crippen MR) is 188 cm³/mol. The summed E-state index contributed by atoms with van der Waals surface area (Å²) in [6, 6.07) is 12.8. The summed E-state index contributed by atoms with van der Waals surface area (Å²) >= 11 is 6.40. The number of sulfone groups is 1. The lowest BCUT2D eigenvalue weighted by Crippen LogP contribution is -2.49. The van der Waals surface area contributed by atoms with Gasteiger partial charge in [0.15, 0.2) is 0 Å². The maximum absolute atomic E-state index is 13.4. The number of aromatic carboxylic acids is 1. The van der Waals surface area contributed by atoms with Crippen molar-refractivity contribution in [3.05, 3.63) is 88.7 Å². The first kappa shape index (κ1) is 34.0. The van der Waals surface area contributed by atoms with Gasteiger partial charge in [0.2, 0.25) is 15.0 Å². The fourth-order valence-electron chi connectivity index (χ4n) is 8.83. The molecule has 1 unspecified atom stereocenters. The molecule has 0 radical (unpaired) electrons. The molecule has 0 saturated heterocycles. The van der Waals surface area contributed by atoms with Gasteiger partial charge in [-0.2, -0.15) is 0 Å². The van der Waals surface area contributed by atoms with E-state index in [4.69, 9.17) is 16.3 Å². The van der Waals surface area contributed by atoms with E-state index in [2.05, 4.69) is 27.0 Å². The van der Waals surface area contributed by atoms with Crippen LogP contribution in [0, 0.1) is 23.7 Å². The molecule has 2 saturated carbocycles. The molecule has 3 aliphatic carbocycles. The number of aliphatic hydroxyl groups is 1. The minimum atomic E-state index is -3.66. The van der Waals surface area contributed by atoms with Gasteiger partial charge in [-0.15, -0.1) is 0 Å². The molecule has 1 spiro atoms. The van der Waals surface area contributed by atoms with E-state index in [9.17, 15) is 23.4 Å². The van der Waals surface area contributed by atoms with Crippen LogP contribution in [-0.4, -0.2) is 65.6 Å². The second kappa shape index (κ2) is 13.7. The molecule has 3 aromatic rings. The zero-order chi connectivity index (χ0) is 34.3. The molecule has 2 heterocycles.